The van der Waals surface area contributed by atoms with Crippen LogP contribution in [0.5, 0.6) is 11.5 Å². The van der Waals surface area contributed by atoms with Crippen LogP contribution in [0.25, 0.3) is 10.9 Å². The number of methoxy groups -OCH3 is 1. The molecule has 1 aliphatic rings. The molecule has 10 heteroatoms. The molecule has 1 aromatic heterocycles. The fraction of sp³-hybridized carbons (Fsp3) is 0.375. The number of halogens is 2. The number of likely N-dealkylation sites (tertiary alicyclic amines) is 1. The van der Waals surface area contributed by atoms with Gasteiger partial charge in [0.05, 0.1) is 29.9 Å². The first-order valence-electron chi connectivity index (χ1n) is 11.0. The lowest BCUT2D eigenvalue weighted by Crippen LogP contribution is -2.45. The van der Waals surface area contributed by atoms with Gasteiger partial charge in [0.1, 0.15) is 18.2 Å². The van der Waals surface area contributed by atoms with Crippen molar-refractivity contribution in [3.63, 3.8) is 0 Å². The molecule has 8 nitrogen and oxygen atoms in total. The number of likely N-dealkylation sites (N-methyl/N-ethyl adjacent to an activating group) is 1. The van der Waals surface area contributed by atoms with Crippen molar-refractivity contribution in [3.8, 4) is 11.5 Å². The molecule has 180 valence electrons. The Balaban J connectivity index is 1.52. The summed E-state index contributed by atoms with van der Waals surface area (Å²) in [6.07, 6.45) is 2.81. The van der Waals surface area contributed by atoms with E-state index >= 15 is 0 Å². The predicted molar refractivity (Wildman–Crippen MR) is 130 cm³/mol. The number of aromatic nitrogens is 2. The van der Waals surface area contributed by atoms with Crippen LogP contribution in [0.15, 0.2) is 36.7 Å². The molecule has 34 heavy (non-hydrogen) atoms. The van der Waals surface area contributed by atoms with Gasteiger partial charge in [-0.1, -0.05) is 17.7 Å². The van der Waals surface area contributed by atoms with Crippen molar-refractivity contribution in [1.29, 1.82) is 0 Å². The number of nitrogens with one attached hydrogen (secondary N) is 1. The summed E-state index contributed by atoms with van der Waals surface area (Å²) in [6, 6.07) is 8.28. The molecule has 3 aromatic rings. The normalized spacial score (nSPS) is 14.5. The molecule has 0 saturated carbocycles. The molecule has 1 saturated heterocycles. The molecule has 1 N–H and O–H groups in total. The van der Waals surface area contributed by atoms with Crippen LogP contribution < -0.4 is 14.8 Å². The largest absolute Gasteiger partial charge is 0.493 e. The number of ether oxygens (including phenoxy) is 2. The van der Waals surface area contributed by atoms with Crippen LogP contribution in [0.3, 0.4) is 0 Å². The minimum absolute atomic E-state index is 0.0195. The van der Waals surface area contributed by atoms with E-state index in [0.717, 1.165) is 12.8 Å². The lowest BCUT2D eigenvalue weighted by atomic mass is 10.1. The first-order valence-corrected chi connectivity index (χ1v) is 11.4. The van der Waals surface area contributed by atoms with Gasteiger partial charge in [-0.25, -0.2) is 14.4 Å². The zero-order valence-corrected chi connectivity index (χ0v) is 20.1. The second-order valence-corrected chi connectivity index (χ2v) is 8.81. The number of hydrogen-bond donors (Lipinski definition) is 1. The van der Waals surface area contributed by atoms with E-state index in [4.69, 9.17) is 21.1 Å². The summed E-state index contributed by atoms with van der Waals surface area (Å²) in [4.78, 5) is 24.7. The van der Waals surface area contributed by atoms with Crippen LogP contribution in [-0.4, -0.2) is 72.6 Å². The Bertz CT molecular complexity index is 1180. The fourth-order valence-corrected chi connectivity index (χ4v) is 4.09. The Morgan fingerprint density at radius 1 is 1.24 bits per heavy atom. The van der Waals surface area contributed by atoms with Gasteiger partial charge in [-0.2, -0.15) is 0 Å². The van der Waals surface area contributed by atoms with Crippen molar-refractivity contribution in [2.45, 2.75) is 18.9 Å². The molecule has 2 heterocycles. The van der Waals surface area contributed by atoms with Crippen molar-refractivity contribution < 1.29 is 18.7 Å². The monoisotopic (exact) mass is 487 g/mol. The molecule has 4 rings (SSSR count). The maximum Gasteiger partial charge on any atom is 0.236 e. The van der Waals surface area contributed by atoms with Crippen LogP contribution in [0.2, 0.25) is 5.02 Å². The SMILES string of the molecule is COc1cc2c(Nc3cccc(Cl)c3F)ncnc2cc1OC1CCN(C(=O)CN(C)C)CC1. The van der Waals surface area contributed by atoms with Gasteiger partial charge in [0.25, 0.3) is 0 Å². The van der Waals surface area contributed by atoms with E-state index in [1.165, 1.54) is 12.4 Å². The third-order valence-corrected chi connectivity index (χ3v) is 5.96. The summed E-state index contributed by atoms with van der Waals surface area (Å²) in [6.45, 7) is 1.70. The molecular formula is C24H27ClFN5O3. The summed E-state index contributed by atoms with van der Waals surface area (Å²) < 4.78 is 26.2. The number of carbonyl (C=O) groups is 1. The highest BCUT2D eigenvalue weighted by atomic mass is 35.5. The minimum Gasteiger partial charge on any atom is -0.493 e. The van der Waals surface area contributed by atoms with E-state index in [9.17, 15) is 9.18 Å². The molecule has 1 amide bonds. The van der Waals surface area contributed by atoms with E-state index in [0.29, 0.717) is 47.9 Å². The van der Waals surface area contributed by atoms with Crippen LogP contribution in [0.1, 0.15) is 12.8 Å². The third-order valence-electron chi connectivity index (χ3n) is 5.67. The van der Waals surface area contributed by atoms with Crippen LogP contribution in [-0.2, 0) is 4.79 Å². The number of anilines is 2. The smallest absolute Gasteiger partial charge is 0.236 e. The zero-order chi connectivity index (χ0) is 24.2. The second-order valence-electron chi connectivity index (χ2n) is 8.40. The number of amides is 1. The average molecular weight is 488 g/mol. The topological polar surface area (TPSA) is 79.8 Å². The lowest BCUT2D eigenvalue weighted by molar-refractivity contribution is -0.133. The van der Waals surface area contributed by atoms with Gasteiger partial charge in [0.15, 0.2) is 17.3 Å². The third kappa shape index (κ3) is 5.31. The van der Waals surface area contributed by atoms with E-state index in [1.54, 1.807) is 31.4 Å². The first kappa shape index (κ1) is 24.0. The maximum atomic E-state index is 14.4. The van der Waals surface area contributed by atoms with Crippen molar-refractivity contribution in [3.05, 3.63) is 47.5 Å². The summed E-state index contributed by atoms with van der Waals surface area (Å²) >= 11 is 5.90. The number of rotatable bonds is 7. The predicted octanol–water partition coefficient (Wildman–Crippen LogP) is 4.11. The molecule has 0 bridgehead atoms. The van der Waals surface area contributed by atoms with Gasteiger partial charge in [0.2, 0.25) is 5.91 Å². The molecule has 2 aromatic carbocycles. The van der Waals surface area contributed by atoms with E-state index < -0.39 is 5.82 Å². The quantitative estimate of drug-likeness (QED) is 0.537. The molecule has 0 unspecified atom stereocenters. The highest BCUT2D eigenvalue weighted by molar-refractivity contribution is 6.31. The highest BCUT2D eigenvalue weighted by Crippen LogP contribution is 2.36. The van der Waals surface area contributed by atoms with Gasteiger partial charge < -0.3 is 24.6 Å². The summed E-state index contributed by atoms with van der Waals surface area (Å²) in [5.74, 6) is 1.07. The second kappa shape index (κ2) is 10.4. The molecule has 1 aliphatic heterocycles. The minimum atomic E-state index is -0.557. The maximum absolute atomic E-state index is 14.4. The zero-order valence-electron chi connectivity index (χ0n) is 19.3. The number of hydrogen-bond acceptors (Lipinski definition) is 7. The Morgan fingerprint density at radius 3 is 2.71 bits per heavy atom. The van der Waals surface area contributed by atoms with Gasteiger partial charge in [-0.05, 0) is 32.3 Å². The summed E-state index contributed by atoms with van der Waals surface area (Å²) in [5, 5.41) is 3.66. The Kier molecular flexibility index (Phi) is 7.33. The Hall–Kier alpha value is -3.17. The summed E-state index contributed by atoms with van der Waals surface area (Å²) in [5.41, 5.74) is 0.830. The number of fused-ring (bicyclic) bond motifs is 1. The number of nitrogens with zero attached hydrogens (tertiary/aromatic N) is 4. The average Bonchev–Trinajstić information content (AvgIpc) is 2.82. The van der Waals surface area contributed by atoms with Gasteiger partial charge >= 0.3 is 0 Å². The first-order chi connectivity index (χ1) is 16.4. The molecule has 0 atom stereocenters. The molecule has 1 fully saturated rings. The molecule has 0 aliphatic carbocycles. The van der Waals surface area contributed by atoms with Gasteiger partial charge in [-0.15, -0.1) is 0 Å². The van der Waals surface area contributed by atoms with Crippen molar-refractivity contribution in [2.24, 2.45) is 0 Å². The number of piperidine rings is 1. The van der Waals surface area contributed by atoms with E-state index in [2.05, 4.69) is 15.3 Å². The van der Waals surface area contributed by atoms with Gasteiger partial charge in [0, 0.05) is 37.4 Å². The lowest BCUT2D eigenvalue weighted by Gasteiger charge is -2.33. The van der Waals surface area contributed by atoms with Crippen molar-refractivity contribution in [2.75, 3.05) is 46.2 Å². The molecule has 0 radical (unpaired) electrons. The van der Waals surface area contributed by atoms with Gasteiger partial charge in [-0.3, -0.25) is 4.79 Å². The van der Waals surface area contributed by atoms with Crippen molar-refractivity contribution >= 4 is 39.9 Å². The standard InChI is InChI=1S/C24H27ClFN5O3/c1-30(2)13-22(32)31-9-7-15(8-10-31)34-21-12-19-16(11-20(21)33-3)24(28-14-27-19)29-18-6-4-5-17(25)23(18)26/h4-6,11-12,14-15H,7-10,13H2,1-3H3,(H,27,28,29). The molecule has 0 spiro atoms. The van der Waals surface area contributed by atoms with Crippen LogP contribution in [0.4, 0.5) is 15.9 Å². The van der Waals surface area contributed by atoms with Crippen LogP contribution >= 0.6 is 11.6 Å². The fourth-order valence-electron chi connectivity index (χ4n) is 3.92. The Morgan fingerprint density at radius 2 is 2.00 bits per heavy atom. The van der Waals surface area contributed by atoms with Crippen LogP contribution in [0, 0.1) is 5.82 Å². The molecular weight excluding hydrogens is 461 g/mol. The number of carbonyl (C=O) groups excluding carboxylic acids is 1. The van der Waals surface area contributed by atoms with Crippen molar-refractivity contribution in [1.82, 2.24) is 19.8 Å². The van der Waals surface area contributed by atoms with E-state index in [1.807, 2.05) is 23.9 Å². The Labute approximate surface area is 202 Å². The highest BCUT2D eigenvalue weighted by Gasteiger charge is 2.25. The summed E-state index contributed by atoms with van der Waals surface area (Å²) in [7, 11) is 5.33. The number of benzene rings is 2. The van der Waals surface area contributed by atoms with E-state index in [-0.39, 0.29) is 22.7 Å².